The molecule has 5 heteroatoms. The van der Waals surface area contributed by atoms with E-state index in [1.807, 2.05) is 0 Å². The number of benzene rings is 4. The topological polar surface area (TPSA) is 36.9 Å². The Bertz CT molecular complexity index is 1280. The van der Waals surface area contributed by atoms with Crippen molar-refractivity contribution in [3.05, 3.63) is 97.1 Å². The van der Waals surface area contributed by atoms with E-state index in [2.05, 4.69) is 180 Å². The first kappa shape index (κ1) is 34.0. The molecular formula is C40H52BO4-. The predicted molar refractivity (Wildman–Crippen MR) is 192 cm³/mol. The third-order valence-electron chi connectivity index (χ3n) is 7.22. The molecule has 0 heterocycles. The molecule has 0 fully saturated rings. The molecule has 0 aliphatic rings. The summed E-state index contributed by atoms with van der Waals surface area (Å²) in [5.41, 5.74) is 3.53. The van der Waals surface area contributed by atoms with Gasteiger partial charge in [0.25, 0.3) is 0 Å². The van der Waals surface area contributed by atoms with E-state index in [1.165, 1.54) is 21.9 Å². The molecule has 0 amide bonds. The Hall–Kier alpha value is -3.86. The van der Waals surface area contributed by atoms with Gasteiger partial charge in [0, 0.05) is 0 Å². The van der Waals surface area contributed by atoms with Crippen LogP contribution in [-0.2, 0) is 0 Å². The highest BCUT2D eigenvalue weighted by Gasteiger charge is 2.32. The summed E-state index contributed by atoms with van der Waals surface area (Å²) in [7, 11) is 0. The Morgan fingerprint density at radius 2 is 0.444 bits per heavy atom. The van der Waals surface area contributed by atoms with Crippen LogP contribution in [0.15, 0.2) is 97.1 Å². The zero-order chi connectivity index (χ0) is 33.3. The molecule has 0 atom stereocenters. The summed E-state index contributed by atoms with van der Waals surface area (Å²) >= 11 is 0. The van der Waals surface area contributed by atoms with Crippen molar-refractivity contribution in [3.8, 4) is 23.0 Å². The molecule has 0 saturated carbocycles. The molecule has 4 nitrogen and oxygen atoms in total. The third kappa shape index (κ3) is 9.09. The number of hydrogen-bond donors (Lipinski definition) is 0. The Kier molecular flexibility index (Phi) is 9.45. The first-order valence-corrected chi connectivity index (χ1v) is 16.1. The lowest BCUT2D eigenvalue weighted by atomic mass is 9.13. The van der Waals surface area contributed by atoms with Crippen LogP contribution in [0, 0.1) is 0 Å². The van der Waals surface area contributed by atoms with Gasteiger partial charge in [0.15, 0.2) is 0 Å². The molecule has 0 N–H and O–H groups in total. The highest BCUT2D eigenvalue weighted by molar-refractivity contribution is 7.19. The van der Waals surface area contributed by atoms with Crippen LogP contribution in [0.25, 0.3) is 0 Å². The van der Waals surface area contributed by atoms with Crippen molar-refractivity contribution in [2.24, 2.45) is 0 Å². The minimum absolute atomic E-state index is 0.293. The van der Waals surface area contributed by atoms with E-state index in [0.29, 0.717) is 0 Å². The van der Waals surface area contributed by atoms with Gasteiger partial charge in [0.05, 0.1) is 0 Å². The summed E-state index contributed by atoms with van der Waals surface area (Å²) in [6.45, 7) is 24.8. The molecular weight excluding hydrogens is 555 g/mol. The fourth-order valence-corrected chi connectivity index (χ4v) is 5.87. The molecule has 4 rings (SSSR count). The van der Waals surface area contributed by atoms with Gasteiger partial charge in [-0.3, -0.25) is 0 Å². The molecule has 0 aromatic heterocycles. The standard InChI is InChI=1S/C40H52BO4/c1-37(2,3)42-33-21-13-29(14-22-33)41(30-15-23-34(24-16-30)43-38(4,5)6,31-17-25-35(26-18-31)44-39(7,8)9)32-19-27-36(28-20-32)45-40(10,11)12/h13-28H,1-12H3/q-1. The first-order chi connectivity index (χ1) is 20.7. The highest BCUT2D eigenvalue weighted by atomic mass is 16.5. The molecule has 0 aliphatic heterocycles. The van der Waals surface area contributed by atoms with E-state index >= 15 is 0 Å². The Balaban J connectivity index is 1.98. The van der Waals surface area contributed by atoms with E-state index in [0.717, 1.165) is 23.0 Å². The number of ether oxygens (including phenoxy) is 4. The number of rotatable bonds is 8. The quantitative estimate of drug-likeness (QED) is 0.192. The summed E-state index contributed by atoms with van der Waals surface area (Å²) < 4.78 is 24.9. The van der Waals surface area contributed by atoms with Crippen LogP contribution in [0.4, 0.5) is 0 Å². The highest BCUT2D eigenvalue weighted by Crippen LogP contribution is 2.24. The van der Waals surface area contributed by atoms with Crippen LogP contribution in [0.5, 0.6) is 23.0 Å². The average molecular weight is 608 g/mol. The van der Waals surface area contributed by atoms with Crippen molar-refractivity contribution >= 4 is 28.0 Å². The summed E-state index contributed by atoms with van der Waals surface area (Å²) in [4.78, 5) is 0. The van der Waals surface area contributed by atoms with Gasteiger partial charge in [-0.2, -0.15) is 21.9 Å². The van der Waals surface area contributed by atoms with Crippen molar-refractivity contribution in [3.63, 3.8) is 0 Å². The monoisotopic (exact) mass is 607 g/mol. The molecule has 45 heavy (non-hydrogen) atoms. The van der Waals surface area contributed by atoms with Gasteiger partial charge in [0.1, 0.15) is 51.5 Å². The molecule has 4 aromatic carbocycles. The third-order valence-corrected chi connectivity index (χ3v) is 7.22. The maximum absolute atomic E-state index is 6.23. The Morgan fingerprint density at radius 1 is 0.289 bits per heavy atom. The van der Waals surface area contributed by atoms with E-state index in [-0.39, 0.29) is 22.4 Å². The largest absolute Gasteiger partial charge is 0.488 e. The number of hydrogen-bond acceptors (Lipinski definition) is 4. The van der Waals surface area contributed by atoms with Gasteiger partial charge in [-0.05, 0) is 132 Å². The fourth-order valence-electron chi connectivity index (χ4n) is 5.87. The van der Waals surface area contributed by atoms with Crippen molar-refractivity contribution in [2.45, 2.75) is 105 Å². The van der Waals surface area contributed by atoms with Crippen molar-refractivity contribution < 1.29 is 18.9 Å². The van der Waals surface area contributed by atoms with Crippen LogP contribution in [0.2, 0.25) is 0 Å². The van der Waals surface area contributed by atoms with Gasteiger partial charge in [-0.1, -0.05) is 48.5 Å². The lowest BCUT2D eigenvalue weighted by Gasteiger charge is -2.44. The molecule has 4 aromatic rings. The summed E-state index contributed by atoms with van der Waals surface area (Å²) in [5, 5.41) is 0. The predicted octanol–water partition coefficient (Wildman–Crippen LogP) is 7.77. The molecule has 0 bridgehead atoms. The molecule has 0 saturated heterocycles. The van der Waals surface area contributed by atoms with E-state index in [1.54, 1.807) is 0 Å². The molecule has 0 radical (unpaired) electrons. The van der Waals surface area contributed by atoms with E-state index in [9.17, 15) is 0 Å². The van der Waals surface area contributed by atoms with Crippen LogP contribution in [0.1, 0.15) is 83.1 Å². The van der Waals surface area contributed by atoms with Crippen LogP contribution in [-0.4, -0.2) is 28.6 Å². The maximum atomic E-state index is 6.23. The Labute approximate surface area is 272 Å². The first-order valence-electron chi connectivity index (χ1n) is 16.1. The second kappa shape index (κ2) is 12.5. The zero-order valence-electron chi connectivity index (χ0n) is 29.4. The second-order valence-electron chi connectivity index (χ2n) is 16.0. The van der Waals surface area contributed by atoms with Gasteiger partial charge < -0.3 is 18.9 Å². The molecule has 0 spiro atoms. The lowest BCUT2D eigenvalue weighted by Crippen LogP contribution is -2.74. The minimum Gasteiger partial charge on any atom is -0.488 e. The summed E-state index contributed by atoms with van der Waals surface area (Å²) in [6.07, 6.45) is -1.65. The van der Waals surface area contributed by atoms with Gasteiger partial charge in [-0.25, -0.2) is 0 Å². The summed E-state index contributed by atoms with van der Waals surface area (Å²) in [6, 6.07) is 34.4. The minimum atomic E-state index is -1.65. The zero-order valence-corrected chi connectivity index (χ0v) is 29.4. The van der Waals surface area contributed by atoms with Gasteiger partial charge >= 0.3 is 0 Å². The van der Waals surface area contributed by atoms with Crippen LogP contribution >= 0.6 is 0 Å². The smallest absolute Gasteiger partial charge is 0.119 e. The van der Waals surface area contributed by atoms with Crippen LogP contribution in [0.3, 0.4) is 0 Å². The van der Waals surface area contributed by atoms with Crippen molar-refractivity contribution in [1.29, 1.82) is 0 Å². The second-order valence-corrected chi connectivity index (χ2v) is 16.0. The van der Waals surface area contributed by atoms with Gasteiger partial charge in [0.2, 0.25) is 0 Å². The van der Waals surface area contributed by atoms with Crippen LogP contribution < -0.4 is 40.8 Å². The summed E-state index contributed by atoms with van der Waals surface area (Å²) in [5.74, 6) is 3.36. The van der Waals surface area contributed by atoms with Crippen molar-refractivity contribution in [2.75, 3.05) is 0 Å². The SMILES string of the molecule is CC(C)(C)Oc1ccc([B-](c2ccc(OC(C)(C)C)cc2)(c2ccc(OC(C)(C)C)cc2)c2ccc(OC(C)(C)C)cc2)cc1. The molecule has 0 aliphatic carbocycles. The lowest BCUT2D eigenvalue weighted by molar-refractivity contribution is 0.130. The fraction of sp³-hybridized carbons (Fsp3) is 0.400. The molecule has 0 unspecified atom stereocenters. The normalized spacial score (nSPS) is 12.9. The van der Waals surface area contributed by atoms with E-state index in [4.69, 9.17) is 18.9 Å². The van der Waals surface area contributed by atoms with Gasteiger partial charge in [-0.15, -0.1) is 0 Å². The maximum Gasteiger partial charge on any atom is 0.119 e. The Morgan fingerprint density at radius 3 is 0.578 bits per heavy atom. The average Bonchev–Trinajstić information content (AvgIpc) is 2.89. The van der Waals surface area contributed by atoms with Crippen molar-refractivity contribution in [1.82, 2.24) is 0 Å². The van der Waals surface area contributed by atoms with E-state index < -0.39 is 6.15 Å². The molecule has 240 valence electrons.